The van der Waals surface area contributed by atoms with Crippen molar-refractivity contribution in [2.45, 2.75) is 13.8 Å². The van der Waals surface area contributed by atoms with Gasteiger partial charge in [-0.2, -0.15) is 0 Å². The van der Waals surface area contributed by atoms with Crippen LogP contribution >= 0.6 is 12.2 Å². The summed E-state index contributed by atoms with van der Waals surface area (Å²) in [6.07, 6.45) is 0. The maximum atomic E-state index is 12.0. The maximum absolute atomic E-state index is 12.0. The third kappa shape index (κ3) is 3.77. The Bertz CT molecular complexity index is 508. The Kier molecular flexibility index (Phi) is 4.73. The molecule has 0 aliphatic carbocycles. The van der Waals surface area contributed by atoms with E-state index < -0.39 is 0 Å². The van der Waals surface area contributed by atoms with Gasteiger partial charge < -0.3 is 11.1 Å². The predicted molar refractivity (Wildman–Crippen MR) is 85.7 cm³/mol. The van der Waals surface area contributed by atoms with Crippen molar-refractivity contribution in [3.63, 3.8) is 0 Å². The Labute approximate surface area is 125 Å². The van der Waals surface area contributed by atoms with E-state index in [1.54, 1.807) is 6.07 Å². The first-order valence-corrected chi connectivity index (χ1v) is 7.28. The van der Waals surface area contributed by atoms with Crippen molar-refractivity contribution in [2.75, 3.05) is 25.0 Å². The molecule has 1 heterocycles. The van der Waals surface area contributed by atoms with E-state index in [-0.39, 0.29) is 5.91 Å². The number of nitrogens with zero attached hydrogens (tertiary/aromatic N) is 1. The number of rotatable bonds is 4. The molecule has 108 valence electrons. The molecule has 0 radical (unpaired) electrons. The minimum absolute atomic E-state index is 0.00592. The summed E-state index contributed by atoms with van der Waals surface area (Å²) < 4.78 is 0. The number of carbonyl (C=O) groups is 1. The molecule has 0 spiro atoms. The summed E-state index contributed by atoms with van der Waals surface area (Å²) in [5.74, 6) is 1.31. The molecule has 1 saturated heterocycles. The number of carbonyl (C=O) groups excluding carboxylic acids is 1. The van der Waals surface area contributed by atoms with Crippen LogP contribution in [-0.2, 0) is 4.79 Å². The number of anilines is 1. The van der Waals surface area contributed by atoms with Gasteiger partial charge in [-0.05, 0) is 24.0 Å². The molecule has 20 heavy (non-hydrogen) atoms. The van der Waals surface area contributed by atoms with E-state index in [1.165, 1.54) is 0 Å². The zero-order valence-corrected chi connectivity index (χ0v) is 12.7. The van der Waals surface area contributed by atoms with Crippen LogP contribution in [0.1, 0.15) is 19.4 Å². The van der Waals surface area contributed by atoms with E-state index in [9.17, 15) is 4.79 Å². The molecule has 0 bridgehead atoms. The largest absolute Gasteiger partial charge is 0.389 e. The molecule has 3 N–H and O–H groups in total. The van der Waals surface area contributed by atoms with Gasteiger partial charge in [0, 0.05) is 24.3 Å². The fraction of sp³-hybridized carbons (Fsp3) is 0.467. The summed E-state index contributed by atoms with van der Waals surface area (Å²) in [5, 5.41) is 2.90. The highest BCUT2D eigenvalue weighted by atomic mass is 32.1. The Balaban J connectivity index is 1.92. The fourth-order valence-electron chi connectivity index (χ4n) is 2.53. The average Bonchev–Trinajstić information content (AvgIpc) is 2.68. The zero-order chi connectivity index (χ0) is 14.7. The standard InChI is InChI=1S/C15H21N3OS/c1-10-7-18(8-11(10)2)9-14(19)17-13-5-3-4-12(6-13)15(16)20/h3-6,10-11H,7-9H2,1-2H3,(H2,16,20)(H,17,19). The molecule has 0 aromatic heterocycles. The normalized spacial score (nSPS) is 22.7. The topological polar surface area (TPSA) is 58.4 Å². The van der Waals surface area contributed by atoms with Crippen molar-refractivity contribution < 1.29 is 4.79 Å². The minimum Gasteiger partial charge on any atom is -0.389 e. The van der Waals surface area contributed by atoms with Crippen LogP contribution in [0.5, 0.6) is 0 Å². The van der Waals surface area contributed by atoms with Crippen molar-refractivity contribution in [3.05, 3.63) is 29.8 Å². The van der Waals surface area contributed by atoms with Gasteiger partial charge in [0.15, 0.2) is 0 Å². The summed E-state index contributed by atoms with van der Waals surface area (Å²) >= 11 is 4.93. The van der Waals surface area contributed by atoms with Crippen molar-refractivity contribution in [1.29, 1.82) is 0 Å². The molecule has 0 saturated carbocycles. The van der Waals surface area contributed by atoms with Crippen molar-refractivity contribution in [3.8, 4) is 0 Å². The van der Waals surface area contributed by atoms with E-state index in [0.29, 0.717) is 23.4 Å². The average molecular weight is 291 g/mol. The Morgan fingerprint density at radius 2 is 2.05 bits per heavy atom. The summed E-state index contributed by atoms with van der Waals surface area (Å²) in [7, 11) is 0. The second-order valence-corrected chi connectivity index (χ2v) is 6.08. The molecule has 2 unspecified atom stereocenters. The number of hydrogen-bond donors (Lipinski definition) is 2. The second-order valence-electron chi connectivity index (χ2n) is 5.64. The lowest BCUT2D eigenvalue weighted by Crippen LogP contribution is -2.31. The lowest BCUT2D eigenvalue weighted by molar-refractivity contribution is -0.117. The maximum Gasteiger partial charge on any atom is 0.238 e. The van der Waals surface area contributed by atoms with Crippen LogP contribution in [0, 0.1) is 11.8 Å². The first kappa shape index (κ1) is 14.9. The third-order valence-corrected chi connectivity index (χ3v) is 4.10. The van der Waals surface area contributed by atoms with Crippen LogP contribution in [0.15, 0.2) is 24.3 Å². The van der Waals surface area contributed by atoms with Crippen LogP contribution in [0.3, 0.4) is 0 Å². The highest BCUT2D eigenvalue weighted by molar-refractivity contribution is 7.80. The minimum atomic E-state index is 0.00592. The molecule has 1 aromatic rings. The van der Waals surface area contributed by atoms with Crippen LogP contribution in [0.4, 0.5) is 5.69 Å². The number of nitrogens with one attached hydrogen (secondary N) is 1. The number of benzene rings is 1. The summed E-state index contributed by atoms with van der Waals surface area (Å²) in [6, 6.07) is 7.32. The molecule has 2 atom stereocenters. The summed E-state index contributed by atoms with van der Waals surface area (Å²) in [5.41, 5.74) is 7.09. The number of amides is 1. The predicted octanol–water partition coefficient (Wildman–Crippen LogP) is 1.85. The molecule has 1 aliphatic heterocycles. The van der Waals surface area contributed by atoms with Gasteiger partial charge in [0.25, 0.3) is 0 Å². The molecule has 1 amide bonds. The zero-order valence-electron chi connectivity index (χ0n) is 11.9. The van der Waals surface area contributed by atoms with Gasteiger partial charge in [-0.25, -0.2) is 0 Å². The van der Waals surface area contributed by atoms with Crippen LogP contribution in [-0.4, -0.2) is 35.4 Å². The molecule has 1 aromatic carbocycles. The number of thiocarbonyl (C=S) groups is 1. The molecule has 4 nitrogen and oxygen atoms in total. The summed E-state index contributed by atoms with van der Waals surface area (Å²) in [6.45, 7) is 6.87. The Hall–Kier alpha value is -1.46. The molecule has 5 heteroatoms. The van der Waals surface area contributed by atoms with Gasteiger partial charge in [-0.3, -0.25) is 9.69 Å². The Morgan fingerprint density at radius 1 is 1.40 bits per heavy atom. The van der Waals surface area contributed by atoms with Crippen molar-refractivity contribution >= 4 is 28.8 Å². The number of nitrogens with two attached hydrogens (primary N) is 1. The second kappa shape index (κ2) is 6.33. The van der Waals surface area contributed by atoms with Crippen LogP contribution in [0.2, 0.25) is 0 Å². The SMILES string of the molecule is CC1CN(CC(=O)Nc2cccc(C(N)=S)c2)CC1C. The van der Waals surface area contributed by atoms with Gasteiger partial charge in [0.1, 0.15) is 4.99 Å². The first-order chi connectivity index (χ1) is 9.45. The van der Waals surface area contributed by atoms with Crippen LogP contribution < -0.4 is 11.1 Å². The van der Waals surface area contributed by atoms with Crippen LogP contribution in [0.25, 0.3) is 0 Å². The van der Waals surface area contributed by atoms with Gasteiger partial charge in [-0.15, -0.1) is 0 Å². The van der Waals surface area contributed by atoms with Gasteiger partial charge >= 0.3 is 0 Å². The van der Waals surface area contributed by atoms with Gasteiger partial charge in [-0.1, -0.05) is 38.2 Å². The first-order valence-electron chi connectivity index (χ1n) is 6.88. The lowest BCUT2D eigenvalue weighted by atomic mass is 10.0. The van der Waals surface area contributed by atoms with E-state index in [0.717, 1.165) is 24.3 Å². The summed E-state index contributed by atoms with van der Waals surface area (Å²) in [4.78, 5) is 14.6. The monoisotopic (exact) mass is 291 g/mol. The third-order valence-electron chi connectivity index (χ3n) is 3.86. The van der Waals surface area contributed by atoms with Crippen molar-refractivity contribution in [1.82, 2.24) is 4.90 Å². The molecule has 1 aliphatic rings. The molecular formula is C15H21N3OS. The smallest absolute Gasteiger partial charge is 0.238 e. The van der Waals surface area contributed by atoms with E-state index >= 15 is 0 Å². The highest BCUT2D eigenvalue weighted by Gasteiger charge is 2.27. The molecular weight excluding hydrogens is 270 g/mol. The quantitative estimate of drug-likeness (QED) is 0.831. The molecule has 2 rings (SSSR count). The molecule has 1 fully saturated rings. The van der Waals surface area contributed by atoms with Gasteiger partial charge in [0.05, 0.1) is 6.54 Å². The fourth-order valence-corrected chi connectivity index (χ4v) is 2.66. The highest BCUT2D eigenvalue weighted by Crippen LogP contribution is 2.21. The lowest BCUT2D eigenvalue weighted by Gasteiger charge is -2.15. The Morgan fingerprint density at radius 3 is 2.65 bits per heavy atom. The van der Waals surface area contributed by atoms with E-state index in [2.05, 4.69) is 24.1 Å². The number of likely N-dealkylation sites (tertiary alicyclic amines) is 1. The van der Waals surface area contributed by atoms with Crippen molar-refractivity contribution in [2.24, 2.45) is 17.6 Å². The van der Waals surface area contributed by atoms with E-state index in [1.807, 2.05) is 18.2 Å². The van der Waals surface area contributed by atoms with E-state index in [4.69, 9.17) is 18.0 Å². The number of hydrogen-bond acceptors (Lipinski definition) is 3. The van der Waals surface area contributed by atoms with Gasteiger partial charge in [0.2, 0.25) is 5.91 Å².